The number of hydrogen-bond donors (Lipinski definition) is 1. The molecule has 1 N–H and O–H groups in total. The highest BCUT2D eigenvalue weighted by atomic mass is 16.6. The first-order valence-corrected chi connectivity index (χ1v) is 8.27. The molecule has 0 spiro atoms. The number of carbonyl (C=O) groups is 1. The van der Waals surface area contributed by atoms with Crippen LogP contribution in [0.15, 0.2) is 41.0 Å². The predicted octanol–water partition coefficient (Wildman–Crippen LogP) is 3.07. The van der Waals surface area contributed by atoms with Crippen LogP contribution in [-0.4, -0.2) is 23.7 Å². The van der Waals surface area contributed by atoms with Crippen molar-refractivity contribution in [2.75, 3.05) is 6.61 Å². The van der Waals surface area contributed by atoms with Crippen molar-refractivity contribution in [2.24, 2.45) is 22.4 Å². The number of hydrogen-bond acceptors (Lipinski definition) is 5. The van der Waals surface area contributed by atoms with Gasteiger partial charge in [0.25, 0.3) is 5.91 Å². The number of nitro benzene ring substituents is 1. The van der Waals surface area contributed by atoms with Crippen LogP contribution in [0.25, 0.3) is 0 Å². The quantitative estimate of drug-likeness (QED) is 0.488. The lowest BCUT2D eigenvalue weighted by Crippen LogP contribution is -2.48. The topological polar surface area (TPSA) is 93.8 Å². The lowest BCUT2D eigenvalue weighted by atomic mass is 9.49. The molecule has 1 fully saturated rings. The van der Waals surface area contributed by atoms with E-state index in [1.807, 2.05) is 0 Å². The molecule has 0 radical (unpaired) electrons. The Bertz CT molecular complexity index is 754. The fourth-order valence-corrected chi connectivity index (χ4v) is 3.63. The minimum absolute atomic E-state index is 0.0591. The Morgan fingerprint density at radius 3 is 2.92 bits per heavy atom. The van der Waals surface area contributed by atoms with Gasteiger partial charge in [-0.25, -0.2) is 5.43 Å². The zero-order valence-electron chi connectivity index (χ0n) is 14.3. The van der Waals surface area contributed by atoms with Crippen LogP contribution in [0.1, 0.15) is 26.7 Å². The van der Waals surface area contributed by atoms with Crippen molar-refractivity contribution < 1.29 is 14.5 Å². The molecule has 2 unspecified atom stereocenters. The summed E-state index contributed by atoms with van der Waals surface area (Å²) in [6.07, 6.45) is 6.12. The zero-order valence-corrected chi connectivity index (χ0v) is 14.3. The summed E-state index contributed by atoms with van der Waals surface area (Å²) in [5.41, 5.74) is 3.70. The number of fused-ring (bicyclic) bond motifs is 1. The molecule has 3 aliphatic carbocycles. The highest BCUT2D eigenvalue weighted by Crippen LogP contribution is 2.58. The van der Waals surface area contributed by atoms with Crippen molar-refractivity contribution in [1.29, 1.82) is 0 Å². The molecule has 132 valence electrons. The number of rotatable bonds is 6. The van der Waals surface area contributed by atoms with Crippen LogP contribution in [0.2, 0.25) is 0 Å². The van der Waals surface area contributed by atoms with Gasteiger partial charge in [0.05, 0.1) is 11.1 Å². The average Bonchev–Trinajstić information content (AvgIpc) is 2.60. The Balaban J connectivity index is 1.51. The summed E-state index contributed by atoms with van der Waals surface area (Å²) >= 11 is 0. The molecule has 3 aliphatic rings. The number of nitro groups is 1. The van der Waals surface area contributed by atoms with E-state index in [2.05, 4.69) is 30.5 Å². The van der Waals surface area contributed by atoms with Crippen LogP contribution < -0.4 is 10.2 Å². The van der Waals surface area contributed by atoms with Crippen molar-refractivity contribution in [2.45, 2.75) is 26.7 Å². The number of amides is 1. The van der Waals surface area contributed by atoms with Gasteiger partial charge in [0.2, 0.25) is 0 Å². The largest absolute Gasteiger partial charge is 0.477 e. The normalized spacial score (nSPS) is 23.5. The van der Waals surface area contributed by atoms with Crippen molar-refractivity contribution in [1.82, 2.24) is 5.43 Å². The third kappa shape index (κ3) is 3.40. The molecule has 1 amide bonds. The number of benzene rings is 1. The molecular formula is C18H21N3O4. The van der Waals surface area contributed by atoms with Gasteiger partial charge in [0, 0.05) is 6.07 Å². The van der Waals surface area contributed by atoms with E-state index < -0.39 is 10.8 Å². The first kappa shape index (κ1) is 17.1. The molecule has 7 heteroatoms. The highest BCUT2D eigenvalue weighted by molar-refractivity contribution is 5.83. The summed E-state index contributed by atoms with van der Waals surface area (Å²) in [7, 11) is 0. The van der Waals surface area contributed by atoms with E-state index in [9.17, 15) is 14.9 Å². The fraction of sp³-hybridized carbons (Fsp3) is 0.444. The highest BCUT2D eigenvalue weighted by Gasteiger charge is 2.50. The van der Waals surface area contributed by atoms with Gasteiger partial charge in [0.1, 0.15) is 0 Å². The van der Waals surface area contributed by atoms with Crippen molar-refractivity contribution in [3.05, 3.63) is 46.0 Å². The van der Waals surface area contributed by atoms with E-state index in [4.69, 9.17) is 4.74 Å². The summed E-state index contributed by atoms with van der Waals surface area (Å²) < 4.78 is 5.22. The third-order valence-electron chi connectivity index (χ3n) is 5.33. The number of nitrogens with one attached hydrogen (secondary N) is 1. The van der Waals surface area contributed by atoms with Crippen LogP contribution in [0.4, 0.5) is 5.69 Å². The lowest BCUT2D eigenvalue weighted by Gasteiger charge is -2.55. The second-order valence-corrected chi connectivity index (χ2v) is 7.05. The van der Waals surface area contributed by atoms with Gasteiger partial charge in [-0.1, -0.05) is 32.1 Å². The van der Waals surface area contributed by atoms with E-state index in [-0.39, 0.29) is 18.0 Å². The molecule has 0 saturated heterocycles. The van der Waals surface area contributed by atoms with Gasteiger partial charge in [-0.05, 0) is 41.7 Å². The van der Waals surface area contributed by atoms with E-state index in [1.54, 1.807) is 18.3 Å². The molecule has 1 aromatic rings. The fourth-order valence-electron chi connectivity index (χ4n) is 3.63. The van der Waals surface area contributed by atoms with Crippen LogP contribution in [0, 0.1) is 27.4 Å². The predicted molar refractivity (Wildman–Crippen MR) is 93.3 cm³/mol. The van der Waals surface area contributed by atoms with Gasteiger partial charge < -0.3 is 4.74 Å². The van der Waals surface area contributed by atoms with Crippen LogP contribution in [0.5, 0.6) is 5.75 Å². The molecule has 0 heterocycles. The monoisotopic (exact) mass is 343 g/mol. The van der Waals surface area contributed by atoms with Crippen molar-refractivity contribution in [3.8, 4) is 5.75 Å². The Hall–Kier alpha value is -2.70. The number of allylic oxidation sites excluding steroid dienone is 2. The van der Waals surface area contributed by atoms with Crippen LogP contribution in [0.3, 0.4) is 0 Å². The molecule has 25 heavy (non-hydrogen) atoms. The summed E-state index contributed by atoms with van der Waals surface area (Å²) in [5.74, 6) is 0.842. The molecule has 0 aromatic heterocycles. The molecule has 2 atom stereocenters. The second kappa shape index (κ2) is 6.66. The summed E-state index contributed by atoms with van der Waals surface area (Å²) in [6, 6.07) is 5.94. The minimum atomic E-state index is -0.547. The Labute approximate surface area is 145 Å². The van der Waals surface area contributed by atoms with E-state index in [0.717, 1.165) is 17.9 Å². The number of para-hydroxylation sites is 2. The van der Waals surface area contributed by atoms with Crippen LogP contribution >= 0.6 is 0 Å². The lowest BCUT2D eigenvalue weighted by molar-refractivity contribution is -0.385. The van der Waals surface area contributed by atoms with Crippen molar-refractivity contribution >= 4 is 17.8 Å². The number of carbonyl (C=O) groups excluding carboxylic acids is 1. The first-order chi connectivity index (χ1) is 11.9. The third-order valence-corrected chi connectivity index (χ3v) is 5.33. The average molecular weight is 343 g/mol. The SMILES string of the molecule is CC1(C)C2CC=C(C=NNC(=O)COc3ccccc3[N+](=O)[O-])C1C2. The van der Waals surface area contributed by atoms with Gasteiger partial charge in [-0.15, -0.1) is 0 Å². The summed E-state index contributed by atoms with van der Waals surface area (Å²) in [6.45, 7) is 4.20. The van der Waals surface area contributed by atoms with E-state index >= 15 is 0 Å². The van der Waals surface area contributed by atoms with E-state index in [1.165, 1.54) is 18.6 Å². The molecule has 0 aliphatic heterocycles. The Morgan fingerprint density at radius 2 is 2.24 bits per heavy atom. The first-order valence-electron chi connectivity index (χ1n) is 8.27. The minimum Gasteiger partial charge on any atom is -0.477 e. The van der Waals surface area contributed by atoms with Gasteiger partial charge in [-0.3, -0.25) is 14.9 Å². The van der Waals surface area contributed by atoms with Crippen molar-refractivity contribution in [3.63, 3.8) is 0 Å². The molecular weight excluding hydrogens is 322 g/mol. The van der Waals surface area contributed by atoms with Gasteiger partial charge in [-0.2, -0.15) is 5.10 Å². The maximum absolute atomic E-state index is 11.8. The van der Waals surface area contributed by atoms with Gasteiger partial charge >= 0.3 is 5.69 Å². The number of hydrazone groups is 1. The zero-order chi connectivity index (χ0) is 18.0. The van der Waals surface area contributed by atoms with Crippen LogP contribution in [-0.2, 0) is 4.79 Å². The molecule has 7 nitrogen and oxygen atoms in total. The molecule has 1 saturated carbocycles. The number of ether oxygens (including phenoxy) is 1. The number of nitrogens with zero attached hydrogens (tertiary/aromatic N) is 2. The Kier molecular flexibility index (Phi) is 4.57. The second-order valence-electron chi connectivity index (χ2n) is 7.05. The molecule has 2 bridgehead atoms. The Morgan fingerprint density at radius 1 is 1.48 bits per heavy atom. The molecule has 4 rings (SSSR count). The summed E-state index contributed by atoms with van der Waals surface area (Å²) in [5, 5.41) is 14.9. The standard InChI is InChI=1S/C18H21N3O4/c1-18(2)13-8-7-12(14(18)9-13)10-19-20-17(22)11-25-16-6-4-3-5-15(16)21(23)24/h3-7,10,13-14H,8-9,11H2,1-2H3,(H,20,22). The molecule has 1 aromatic carbocycles. The maximum Gasteiger partial charge on any atom is 0.310 e. The summed E-state index contributed by atoms with van der Waals surface area (Å²) in [4.78, 5) is 22.2. The van der Waals surface area contributed by atoms with E-state index in [0.29, 0.717) is 11.3 Å². The smallest absolute Gasteiger partial charge is 0.310 e. The van der Waals surface area contributed by atoms with Gasteiger partial charge in [0.15, 0.2) is 12.4 Å². The maximum atomic E-state index is 11.8.